The molecule has 0 spiro atoms. The third-order valence-corrected chi connectivity index (χ3v) is 5.85. The van der Waals surface area contributed by atoms with Crippen molar-refractivity contribution in [2.45, 2.75) is 38.8 Å². The molecule has 1 unspecified atom stereocenters. The van der Waals surface area contributed by atoms with Gasteiger partial charge in [-0.3, -0.25) is 19.2 Å². The fraction of sp³-hybridized carbons (Fsp3) is 0.600. The van der Waals surface area contributed by atoms with Gasteiger partial charge in [0.15, 0.2) is 0 Å². The quantitative estimate of drug-likeness (QED) is 0.859. The molecular formula is C20H28N4O. The monoisotopic (exact) mass is 340 g/mol. The fourth-order valence-corrected chi connectivity index (χ4v) is 4.18. The molecule has 2 fully saturated rings. The predicted octanol–water partition coefficient (Wildman–Crippen LogP) is 2.24. The molecule has 1 aromatic carbocycles. The third-order valence-electron chi connectivity index (χ3n) is 5.85. The van der Waals surface area contributed by atoms with Crippen LogP contribution >= 0.6 is 0 Å². The second-order valence-electron chi connectivity index (χ2n) is 7.83. The molecule has 1 saturated heterocycles. The van der Waals surface area contributed by atoms with Gasteiger partial charge in [0.1, 0.15) is 5.82 Å². The molecule has 25 heavy (non-hydrogen) atoms. The highest BCUT2D eigenvalue weighted by atomic mass is 16.1. The summed E-state index contributed by atoms with van der Waals surface area (Å²) >= 11 is 0. The van der Waals surface area contributed by atoms with Crippen LogP contribution in [0.15, 0.2) is 29.1 Å². The number of hydrogen-bond acceptors (Lipinski definition) is 4. The van der Waals surface area contributed by atoms with E-state index in [2.05, 4.69) is 16.7 Å². The number of fused-ring (bicyclic) bond motifs is 1. The lowest BCUT2D eigenvalue weighted by Crippen LogP contribution is -2.43. The molecule has 2 aromatic rings. The first-order valence-electron chi connectivity index (χ1n) is 9.53. The molecule has 0 radical (unpaired) electrons. The first-order valence-corrected chi connectivity index (χ1v) is 9.53. The molecule has 5 nitrogen and oxygen atoms in total. The van der Waals surface area contributed by atoms with Gasteiger partial charge in [-0.2, -0.15) is 0 Å². The van der Waals surface area contributed by atoms with Crippen molar-refractivity contribution in [3.8, 4) is 0 Å². The minimum absolute atomic E-state index is 0.0552. The second kappa shape index (κ2) is 6.89. The Kier molecular flexibility index (Phi) is 4.61. The van der Waals surface area contributed by atoms with Crippen LogP contribution in [0.5, 0.6) is 0 Å². The Labute approximate surface area is 149 Å². The Morgan fingerprint density at radius 3 is 2.72 bits per heavy atom. The molecule has 2 heterocycles. The van der Waals surface area contributed by atoms with Gasteiger partial charge in [-0.1, -0.05) is 25.5 Å². The number of hydrogen-bond donors (Lipinski definition) is 0. The molecule has 2 aliphatic rings. The van der Waals surface area contributed by atoms with E-state index in [9.17, 15) is 4.79 Å². The van der Waals surface area contributed by atoms with Gasteiger partial charge in [0, 0.05) is 39.3 Å². The molecule has 1 aromatic heterocycles. The summed E-state index contributed by atoms with van der Waals surface area (Å²) in [6, 6.07) is 8.45. The molecule has 1 aliphatic carbocycles. The predicted molar refractivity (Wildman–Crippen MR) is 101 cm³/mol. The van der Waals surface area contributed by atoms with Crippen LogP contribution in [0, 0.1) is 5.92 Å². The van der Waals surface area contributed by atoms with E-state index < -0.39 is 0 Å². The molecular weight excluding hydrogens is 312 g/mol. The number of rotatable bonds is 3. The summed E-state index contributed by atoms with van der Waals surface area (Å²) in [5.74, 6) is 1.52. The van der Waals surface area contributed by atoms with Crippen LogP contribution in [-0.4, -0.2) is 51.6 Å². The number of nitrogens with zero attached hydrogens (tertiary/aromatic N) is 4. The molecule has 0 amide bonds. The van der Waals surface area contributed by atoms with Gasteiger partial charge in [0.2, 0.25) is 0 Å². The van der Waals surface area contributed by atoms with Crippen LogP contribution in [0.2, 0.25) is 0 Å². The minimum Gasteiger partial charge on any atom is -0.299 e. The molecule has 134 valence electrons. The van der Waals surface area contributed by atoms with Gasteiger partial charge in [-0.05, 0) is 30.9 Å². The summed E-state index contributed by atoms with van der Waals surface area (Å²) in [7, 11) is 1.85. The highest BCUT2D eigenvalue weighted by Gasteiger charge is 2.29. The second-order valence-corrected chi connectivity index (χ2v) is 7.83. The minimum atomic E-state index is 0.0552. The van der Waals surface area contributed by atoms with Crippen molar-refractivity contribution in [1.29, 1.82) is 0 Å². The molecule has 1 saturated carbocycles. The maximum absolute atomic E-state index is 12.6. The summed E-state index contributed by atoms with van der Waals surface area (Å²) in [5.41, 5.74) is 0.860. The first kappa shape index (κ1) is 16.7. The van der Waals surface area contributed by atoms with Crippen molar-refractivity contribution in [3.05, 3.63) is 40.4 Å². The van der Waals surface area contributed by atoms with E-state index in [1.54, 1.807) is 4.57 Å². The van der Waals surface area contributed by atoms with Crippen LogP contribution in [0.25, 0.3) is 10.9 Å². The van der Waals surface area contributed by atoms with E-state index >= 15 is 0 Å². The summed E-state index contributed by atoms with van der Waals surface area (Å²) in [6.45, 7) is 7.56. The van der Waals surface area contributed by atoms with E-state index in [1.807, 2.05) is 31.3 Å². The Balaban J connectivity index is 1.54. The molecule has 0 bridgehead atoms. The van der Waals surface area contributed by atoms with Crippen molar-refractivity contribution in [3.63, 3.8) is 0 Å². The van der Waals surface area contributed by atoms with Crippen LogP contribution in [-0.2, 0) is 13.6 Å². The van der Waals surface area contributed by atoms with Gasteiger partial charge >= 0.3 is 0 Å². The normalized spacial score (nSPS) is 23.5. The summed E-state index contributed by atoms with van der Waals surface area (Å²) < 4.78 is 1.72. The zero-order chi connectivity index (χ0) is 17.4. The summed E-state index contributed by atoms with van der Waals surface area (Å²) in [5, 5.41) is 0.703. The highest BCUT2D eigenvalue weighted by Crippen LogP contribution is 2.26. The summed E-state index contributed by atoms with van der Waals surface area (Å²) in [6.07, 6.45) is 4.13. The molecule has 4 rings (SSSR count). The van der Waals surface area contributed by atoms with Crippen molar-refractivity contribution in [2.24, 2.45) is 13.0 Å². The van der Waals surface area contributed by atoms with E-state index in [0.29, 0.717) is 11.3 Å². The van der Waals surface area contributed by atoms with Crippen molar-refractivity contribution in [1.82, 2.24) is 19.4 Å². The van der Waals surface area contributed by atoms with Crippen molar-refractivity contribution in [2.75, 3.05) is 26.2 Å². The van der Waals surface area contributed by atoms with Gasteiger partial charge in [0.25, 0.3) is 5.56 Å². The van der Waals surface area contributed by atoms with Crippen molar-refractivity contribution < 1.29 is 0 Å². The van der Waals surface area contributed by atoms with E-state index in [0.717, 1.165) is 43.6 Å². The Hall–Kier alpha value is -1.72. The van der Waals surface area contributed by atoms with Gasteiger partial charge in [0.05, 0.1) is 17.4 Å². The van der Waals surface area contributed by atoms with Crippen LogP contribution in [0.1, 0.15) is 32.0 Å². The molecule has 1 atom stereocenters. The zero-order valence-electron chi connectivity index (χ0n) is 15.3. The Morgan fingerprint density at radius 1 is 1.16 bits per heavy atom. The lowest BCUT2D eigenvalue weighted by atomic mass is 9.91. The highest BCUT2D eigenvalue weighted by molar-refractivity contribution is 5.77. The number of para-hydroxylation sites is 1. The SMILES string of the molecule is CC1CN(Cc2nc3ccccc3c(=O)n2C)CCN(C2CCC2)C1. The largest absolute Gasteiger partial charge is 0.299 e. The van der Waals surface area contributed by atoms with E-state index in [1.165, 1.54) is 25.8 Å². The first-order chi connectivity index (χ1) is 12.1. The number of aromatic nitrogens is 2. The van der Waals surface area contributed by atoms with Gasteiger partial charge in [-0.25, -0.2) is 4.98 Å². The lowest BCUT2D eigenvalue weighted by molar-refractivity contribution is 0.122. The van der Waals surface area contributed by atoms with Crippen LogP contribution in [0.3, 0.4) is 0 Å². The average Bonchev–Trinajstić information content (AvgIpc) is 2.72. The van der Waals surface area contributed by atoms with Crippen molar-refractivity contribution >= 4 is 10.9 Å². The van der Waals surface area contributed by atoms with Crippen LogP contribution in [0.4, 0.5) is 0 Å². The topological polar surface area (TPSA) is 41.4 Å². The fourth-order valence-electron chi connectivity index (χ4n) is 4.18. The smallest absolute Gasteiger partial charge is 0.261 e. The standard InChI is InChI=1S/C20H28N4O/c1-15-12-23(10-11-24(13-15)16-6-5-7-16)14-19-21-18-9-4-3-8-17(18)20(25)22(19)2/h3-4,8-9,15-16H,5-7,10-14H2,1-2H3. The summed E-state index contributed by atoms with van der Waals surface area (Å²) in [4.78, 5) is 22.5. The average molecular weight is 340 g/mol. The Bertz CT molecular complexity index is 811. The zero-order valence-corrected chi connectivity index (χ0v) is 15.3. The maximum atomic E-state index is 12.6. The number of benzene rings is 1. The Morgan fingerprint density at radius 2 is 1.96 bits per heavy atom. The van der Waals surface area contributed by atoms with Gasteiger partial charge in [-0.15, -0.1) is 0 Å². The molecule has 0 N–H and O–H groups in total. The van der Waals surface area contributed by atoms with Crippen LogP contribution < -0.4 is 5.56 Å². The molecule has 5 heteroatoms. The third kappa shape index (κ3) is 3.35. The molecule has 1 aliphatic heterocycles. The van der Waals surface area contributed by atoms with E-state index in [-0.39, 0.29) is 5.56 Å². The van der Waals surface area contributed by atoms with E-state index in [4.69, 9.17) is 4.98 Å². The maximum Gasteiger partial charge on any atom is 0.261 e. The van der Waals surface area contributed by atoms with Gasteiger partial charge < -0.3 is 0 Å². The lowest BCUT2D eigenvalue weighted by Gasteiger charge is -2.37.